The van der Waals surface area contributed by atoms with E-state index in [1.807, 2.05) is 13.8 Å². The Kier molecular flexibility index (Phi) is 4.55. The van der Waals surface area contributed by atoms with Gasteiger partial charge in [-0.2, -0.15) is 0 Å². The fourth-order valence-electron chi connectivity index (χ4n) is 1.51. The van der Waals surface area contributed by atoms with Gasteiger partial charge < -0.3 is 5.32 Å². The molecule has 0 unspecified atom stereocenters. The lowest BCUT2D eigenvalue weighted by molar-refractivity contribution is 0.581. The Balaban J connectivity index is 2.37. The van der Waals surface area contributed by atoms with Crippen molar-refractivity contribution in [3.63, 3.8) is 0 Å². The Morgan fingerprint density at radius 1 is 1.15 bits per heavy atom. The van der Waals surface area contributed by atoms with E-state index in [1.54, 1.807) is 0 Å². The molecule has 0 atom stereocenters. The van der Waals surface area contributed by atoms with Gasteiger partial charge in [0.05, 0.1) is 10.2 Å². The summed E-state index contributed by atoms with van der Waals surface area (Å²) >= 11 is 8.91. The van der Waals surface area contributed by atoms with E-state index in [0.29, 0.717) is 11.6 Å². The third-order valence-corrected chi connectivity index (χ3v) is 3.30. The molecule has 20 heavy (non-hydrogen) atoms. The molecule has 0 saturated heterocycles. The predicted molar refractivity (Wildman–Crippen MR) is 78.5 cm³/mol. The summed E-state index contributed by atoms with van der Waals surface area (Å²) in [6.45, 7) is 3.84. The van der Waals surface area contributed by atoms with E-state index in [4.69, 9.17) is 11.6 Å². The lowest BCUT2D eigenvalue weighted by atomic mass is 10.2. The molecule has 106 valence electrons. The van der Waals surface area contributed by atoms with Gasteiger partial charge in [-0.1, -0.05) is 25.4 Å². The lowest BCUT2D eigenvalue weighted by Crippen LogP contribution is -2.03. The van der Waals surface area contributed by atoms with Gasteiger partial charge in [0, 0.05) is 18.1 Å². The van der Waals surface area contributed by atoms with Crippen LogP contribution in [-0.4, -0.2) is 9.97 Å². The van der Waals surface area contributed by atoms with Gasteiger partial charge in [-0.15, -0.1) is 0 Å². The van der Waals surface area contributed by atoms with Crippen LogP contribution in [-0.2, 0) is 0 Å². The monoisotopic (exact) mass is 361 g/mol. The molecule has 2 rings (SSSR count). The first-order valence-electron chi connectivity index (χ1n) is 5.83. The summed E-state index contributed by atoms with van der Waals surface area (Å²) < 4.78 is 27.0. The van der Waals surface area contributed by atoms with Crippen molar-refractivity contribution in [2.75, 3.05) is 5.32 Å². The van der Waals surface area contributed by atoms with Gasteiger partial charge in [-0.25, -0.2) is 18.7 Å². The maximum atomic E-state index is 13.7. The van der Waals surface area contributed by atoms with Gasteiger partial charge in [-0.3, -0.25) is 0 Å². The molecule has 0 aliphatic heterocycles. The third kappa shape index (κ3) is 3.43. The van der Waals surface area contributed by atoms with Crippen LogP contribution in [0.3, 0.4) is 0 Å². The quantitative estimate of drug-likeness (QED) is 0.614. The highest BCUT2D eigenvalue weighted by atomic mass is 79.9. The van der Waals surface area contributed by atoms with E-state index in [1.165, 1.54) is 12.1 Å². The first kappa shape index (κ1) is 15.1. The highest BCUT2D eigenvalue weighted by molar-refractivity contribution is 9.10. The van der Waals surface area contributed by atoms with Crippen LogP contribution in [0.1, 0.15) is 25.6 Å². The van der Waals surface area contributed by atoms with Gasteiger partial charge in [0.1, 0.15) is 28.4 Å². The topological polar surface area (TPSA) is 37.8 Å². The molecule has 3 nitrogen and oxygen atoms in total. The summed E-state index contributed by atoms with van der Waals surface area (Å²) in [5.41, 5.74) is 0.0998. The zero-order valence-electron chi connectivity index (χ0n) is 10.7. The Morgan fingerprint density at radius 3 is 2.50 bits per heavy atom. The average Bonchev–Trinajstić information content (AvgIpc) is 2.35. The molecule has 0 amide bonds. The molecule has 0 spiro atoms. The van der Waals surface area contributed by atoms with E-state index in [0.717, 1.165) is 6.07 Å². The molecule has 1 aromatic carbocycles. The van der Waals surface area contributed by atoms with Crippen molar-refractivity contribution in [2.45, 2.75) is 19.8 Å². The van der Waals surface area contributed by atoms with Crippen molar-refractivity contribution >= 4 is 39.0 Å². The molecule has 0 aliphatic carbocycles. The number of hydrogen-bond donors (Lipinski definition) is 1. The van der Waals surface area contributed by atoms with Crippen LogP contribution >= 0.6 is 27.5 Å². The van der Waals surface area contributed by atoms with Crippen LogP contribution < -0.4 is 5.32 Å². The number of rotatable bonds is 3. The van der Waals surface area contributed by atoms with Crippen molar-refractivity contribution in [3.8, 4) is 0 Å². The molecule has 0 aliphatic rings. The van der Waals surface area contributed by atoms with Crippen LogP contribution in [0.2, 0.25) is 5.15 Å². The van der Waals surface area contributed by atoms with Crippen molar-refractivity contribution in [2.24, 2.45) is 0 Å². The Labute approximate surface area is 128 Å². The zero-order valence-corrected chi connectivity index (χ0v) is 13.1. The van der Waals surface area contributed by atoms with Crippen LogP contribution in [0.25, 0.3) is 0 Å². The summed E-state index contributed by atoms with van der Waals surface area (Å²) in [5.74, 6) is -0.407. The highest BCUT2D eigenvalue weighted by Gasteiger charge is 2.11. The van der Waals surface area contributed by atoms with E-state index < -0.39 is 11.6 Å². The van der Waals surface area contributed by atoms with E-state index in [9.17, 15) is 8.78 Å². The summed E-state index contributed by atoms with van der Waals surface area (Å²) in [4.78, 5) is 8.32. The average molecular weight is 363 g/mol. The Hall–Kier alpha value is -1.27. The maximum Gasteiger partial charge on any atom is 0.149 e. The highest BCUT2D eigenvalue weighted by Crippen LogP contribution is 2.27. The van der Waals surface area contributed by atoms with Crippen LogP contribution in [0, 0.1) is 11.6 Å². The molecule has 0 bridgehead atoms. The summed E-state index contributed by atoms with van der Waals surface area (Å²) in [7, 11) is 0. The molecule has 0 fully saturated rings. The Bertz CT molecular complexity index is 650. The molecule has 7 heteroatoms. The molecule has 0 radical (unpaired) electrons. The SMILES string of the molecule is CC(C)c1nc(Cl)cc(Nc2cc(Br)c(F)cc2F)n1. The van der Waals surface area contributed by atoms with Crippen molar-refractivity contribution in [1.82, 2.24) is 9.97 Å². The summed E-state index contributed by atoms with van der Waals surface area (Å²) in [5, 5.41) is 3.03. The third-order valence-electron chi connectivity index (χ3n) is 2.50. The fourth-order valence-corrected chi connectivity index (χ4v) is 2.05. The number of aromatic nitrogens is 2. The standard InChI is InChI=1S/C13H11BrClF2N3/c1-6(2)13-19-11(15)5-12(20-13)18-10-3-7(14)8(16)4-9(10)17/h3-6H,1-2H3,(H,18,19,20). The van der Waals surface area contributed by atoms with E-state index in [-0.39, 0.29) is 21.2 Å². The van der Waals surface area contributed by atoms with Crippen molar-refractivity contribution in [1.29, 1.82) is 0 Å². The zero-order chi connectivity index (χ0) is 14.9. The molecule has 1 heterocycles. The second-order valence-corrected chi connectivity index (χ2v) is 5.70. The number of nitrogens with zero attached hydrogens (tertiary/aromatic N) is 2. The molecule has 0 saturated carbocycles. The minimum absolute atomic E-state index is 0.0825. The van der Waals surface area contributed by atoms with Gasteiger partial charge in [0.25, 0.3) is 0 Å². The van der Waals surface area contributed by atoms with Crippen molar-refractivity contribution < 1.29 is 8.78 Å². The number of halogens is 4. The second-order valence-electron chi connectivity index (χ2n) is 4.46. The maximum absolute atomic E-state index is 13.7. The summed E-state index contributed by atoms with van der Waals surface area (Å²) in [6.07, 6.45) is 0. The number of hydrogen-bond acceptors (Lipinski definition) is 3. The number of benzene rings is 1. The first-order valence-corrected chi connectivity index (χ1v) is 7.00. The Morgan fingerprint density at radius 2 is 1.85 bits per heavy atom. The summed E-state index contributed by atoms with van der Waals surface area (Å²) in [6, 6.07) is 3.57. The predicted octanol–water partition coefficient (Wildman–Crippen LogP) is 5.04. The van der Waals surface area contributed by atoms with Gasteiger partial charge in [-0.05, 0) is 22.0 Å². The normalized spacial score (nSPS) is 10.9. The van der Waals surface area contributed by atoms with Crippen LogP contribution in [0.15, 0.2) is 22.7 Å². The minimum atomic E-state index is -0.716. The smallest absolute Gasteiger partial charge is 0.149 e. The molecule has 2 aromatic rings. The molecule has 1 aromatic heterocycles. The largest absolute Gasteiger partial charge is 0.338 e. The molecule has 1 N–H and O–H groups in total. The minimum Gasteiger partial charge on any atom is -0.338 e. The van der Waals surface area contributed by atoms with Crippen molar-refractivity contribution in [3.05, 3.63) is 45.3 Å². The number of anilines is 2. The fraction of sp³-hybridized carbons (Fsp3) is 0.231. The number of nitrogens with one attached hydrogen (secondary N) is 1. The van der Waals surface area contributed by atoms with E-state index >= 15 is 0 Å². The van der Waals surface area contributed by atoms with Gasteiger partial charge in [0.15, 0.2) is 0 Å². The lowest BCUT2D eigenvalue weighted by Gasteiger charge is -2.11. The molecular formula is C13H11BrClF2N3. The van der Waals surface area contributed by atoms with E-state index in [2.05, 4.69) is 31.2 Å². The first-order chi connectivity index (χ1) is 9.36. The van der Waals surface area contributed by atoms with Crippen LogP contribution in [0.5, 0.6) is 0 Å². The van der Waals surface area contributed by atoms with Gasteiger partial charge >= 0.3 is 0 Å². The van der Waals surface area contributed by atoms with Crippen LogP contribution in [0.4, 0.5) is 20.3 Å². The second kappa shape index (κ2) is 6.01. The molecular weight excluding hydrogens is 352 g/mol. The van der Waals surface area contributed by atoms with Gasteiger partial charge in [0.2, 0.25) is 0 Å².